The van der Waals surface area contributed by atoms with Crippen LogP contribution in [0, 0.1) is 19.8 Å². The molecule has 1 fully saturated rings. The maximum atomic E-state index is 10.4. The van der Waals surface area contributed by atoms with E-state index in [1.54, 1.807) is 0 Å². The predicted molar refractivity (Wildman–Crippen MR) is 69.4 cm³/mol. The van der Waals surface area contributed by atoms with Crippen molar-refractivity contribution in [3.8, 4) is 0 Å². The third kappa shape index (κ3) is 2.82. The number of hydrogen-bond acceptors (Lipinski definition) is 2. The first-order valence-electron chi connectivity index (χ1n) is 6.12. The molecule has 2 nitrogen and oxygen atoms in total. The standard InChI is InChI=1S/C14H19ClO2/c1-9-6-12(13(15)7-10(9)2)14(16)11-4-3-5-17-8-11/h6-7,11,14,16H,3-5,8H2,1-2H3. The van der Waals surface area contributed by atoms with Gasteiger partial charge in [-0.15, -0.1) is 0 Å². The summed E-state index contributed by atoms with van der Waals surface area (Å²) in [6, 6.07) is 3.93. The second kappa shape index (κ2) is 5.38. The maximum absolute atomic E-state index is 10.4. The lowest BCUT2D eigenvalue weighted by molar-refractivity contribution is -0.00994. The average Bonchev–Trinajstić information content (AvgIpc) is 2.34. The van der Waals surface area contributed by atoms with Crippen molar-refractivity contribution in [1.29, 1.82) is 0 Å². The van der Waals surface area contributed by atoms with Gasteiger partial charge in [0.15, 0.2) is 0 Å². The van der Waals surface area contributed by atoms with Gasteiger partial charge in [0.25, 0.3) is 0 Å². The maximum Gasteiger partial charge on any atom is 0.0854 e. The highest BCUT2D eigenvalue weighted by Crippen LogP contribution is 2.34. The summed E-state index contributed by atoms with van der Waals surface area (Å²) >= 11 is 6.21. The van der Waals surface area contributed by atoms with Crippen molar-refractivity contribution >= 4 is 11.6 Å². The van der Waals surface area contributed by atoms with Crippen molar-refractivity contribution in [2.24, 2.45) is 5.92 Å². The molecule has 0 aromatic heterocycles. The highest BCUT2D eigenvalue weighted by atomic mass is 35.5. The van der Waals surface area contributed by atoms with Crippen LogP contribution >= 0.6 is 11.6 Å². The van der Waals surface area contributed by atoms with Gasteiger partial charge in [-0.1, -0.05) is 17.7 Å². The Morgan fingerprint density at radius 2 is 2.06 bits per heavy atom. The molecule has 1 aromatic carbocycles. The van der Waals surface area contributed by atoms with Crippen molar-refractivity contribution in [1.82, 2.24) is 0 Å². The minimum atomic E-state index is -0.512. The van der Waals surface area contributed by atoms with Crippen LogP contribution in [0.15, 0.2) is 12.1 Å². The number of hydrogen-bond donors (Lipinski definition) is 1. The Hall–Kier alpha value is -0.570. The predicted octanol–water partition coefficient (Wildman–Crippen LogP) is 3.42. The largest absolute Gasteiger partial charge is 0.388 e. The normalized spacial score (nSPS) is 22.5. The van der Waals surface area contributed by atoms with E-state index in [4.69, 9.17) is 16.3 Å². The monoisotopic (exact) mass is 254 g/mol. The summed E-state index contributed by atoms with van der Waals surface area (Å²) in [5.41, 5.74) is 3.16. The van der Waals surface area contributed by atoms with Crippen LogP contribution in [0.2, 0.25) is 5.02 Å². The molecule has 1 heterocycles. The first-order valence-corrected chi connectivity index (χ1v) is 6.50. The fraction of sp³-hybridized carbons (Fsp3) is 0.571. The molecule has 1 saturated heterocycles. The first-order chi connectivity index (χ1) is 8.09. The lowest BCUT2D eigenvalue weighted by Gasteiger charge is -2.27. The average molecular weight is 255 g/mol. The summed E-state index contributed by atoms with van der Waals surface area (Å²) in [5.74, 6) is 0.170. The number of aliphatic hydroxyl groups excluding tert-OH is 1. The molecule has 0 amide bonds. The zero-order chi connectivity index (χ0) is 12.4. The van der Waals surface area contributed by atoms with Gasteiger partial charge in [-0.05, 0) is 49.4 Å². The Bertz CT molecular complexity index is 397. The summed E-state index contributed by atoms with van der Waals surface area (Å²) in [7, 11) is 0. The molecule has 1 aliphatic rings. The molecule has 2 atom stereocenters. The summed E-state index contributed by atoms with van der Waals surface area (Å²) in [6.07, 6.45) is 1.51. The Kier molecular flexibility index (Phi) is 4.08. The van der Waals surface area contributed by atoms with Crippen LogP contribution in [-0.4, -0.2) is 18.3 Å². The molecular formula is C14H19ClO2. The summed E-state index contributed by atoms with van der Waals surface area (Å²) in [4.78, 5) is 0. The van der Waals surface area contributed by atoms with E-state index < -0.39 is 6.10 Å². The van der Waals surface area contributed by atoms with E-state index >= 15 is 0 Å². The minimum absolute atomic E-state index is 0.170. The summed E-state index contributed by atoms with van der Waals surface area (Å²) < 4.78 is 5.42. The van der Waals surface area contributed by atoms with Crippen LogP contribution in [0.4, 0.5) is 0 Å². The molecule has 0 saturated carbocycles. The fourth-order valence-electron chi connectivity index (χ4n) is 2.30. The van der Waals surface area contributed by atoms with Gasteiger partial charge in [0.05, 0.1) is 12.7 Å². The molecule has 2 unspecified atom stereocenters. The molecule has 1 aliphatic heterocycles. The Morgan fingerprint density at radius 3 is 2.71 bits per heavy atom. The van der Waals surface area contributed by atoms with Crippen molar-refractivity contribution in [2.45, 2.75) is 32.8 Å². The van der Waals surface area contributed by atoms with E-state index in [9.17, 15) is 5.11 Å². The number of halogens is 1. The molecule has 2 rings (SSSR count). The molecule has 0 spiro atoms. The van der Waals surface area contributed by atoms with Crippen LogP contribution in [-0.2, 0) is 4.74 Å². The number of aliphatic hydroxyl groups is 1. The number of aryl methyl sites for hydroxylation is 2. The molecular weight excluding hydrogens is 236 g/mol. The van der Waals surface area contributed by atoms with Crippen LogP contribution in [0.5, 0.6) is 0 Å². The van der Waals surface area contributed by atoms with Crippen molar-refractivity contribution < 1.29 is 9.84 Å². The van der Waals surface area contributed by atoms with Gasteiger partial charge < -0.3 is 9.84 Å². The van der Waals surface area contributed by atoms with E-state index in [2.05, 4.69) is 0 Å². The molecule has 0 aliphatic carbocycles. The Labute approximate surface area is 108 Å². The van der Waals surface area contributed by atoms with Gasteiger partial charge in [0, 0.05) is 17.5 Å². The van der Waals surface area contributed by atoms with Gasteiger partial charge in [0.2, 0.25) is 0 Å². The van der Waals surface area contributed by atoms with E-state index in [0.29, 0.717) is 11.6 Å². The van der Waals surface area contributed by atoms with Gasteiger partial charge in [-0.25, -0.2) is 0 Å². The third-order valence-corrected chi connectivity index (χ3v) is 3.90. The molecule has 1 N–H and O–H groups in total. The zero-order valence-electron chi connectivity index (χ0n) is 10.4. The molecule has 0 bridgehead atoms. The highest BCUT2D eigenvalue weighted by Gasteiger charge is 2.25. The first kappa shape index (κ1) is 12.9. The second-order valence-electron chi connectivity index (χ2n) is 4.88. The van der Waals surface area contributed by atoms with E-state index in [1.807, 2.05) is 26.0 Å². The molecule has 94 valence electrons. The lowest BCUT2D eigenvalue weighted by Crippen LogP contribution is -2.24. The zero-order valence-corrected chi connectivity index (χ0v) is 11.1. The van der Waals surface area contributed by atoms with Gasteiger partial charge in [-0.3, -0.25) is 0 Å². The highest BCUT2D eigenvalue weighted by molar-refractivity contribution is 6.31. The van der Waals surface area contributed by atoms with E-state index in [0.717, 1.165) is 30.6 Å². The summed E-state index contributed by atoms with van der Waals surface area (Å²) in [6.45, 7) is 5.51. The number of benzene rings is 1. The minimum Gasteiger partial charge on any atom is -0.388 e. The number of ether oxygens (including phenoxy) is 1. The molecule has 1 aromatic rings. The van der Waals surface area contributed by atoms with Crippen LogP contribution < -0.4 is 0 Å². The topological polar surface area (TPSA) is 29.5 Å². The van der Waals surface area contributed by atoms with Crippen LogP contribution in [0.25, 0.3) is 0 Å². The van der Waals surface area contributed by atoms with Crippen LogP contribution in [0.1, 0.15) is 35.6 Å². The number of rotatable bonds is 2. The molecule has 3 heteroatoms. The fourth-order valence-corrected chi connectivity index (χ4v) is 2.63. The van der Waals surface area contributed by atoms with E-state index in [-0.39, 0.29) is 5.92 Å². The van der Waals surface area contributed by atoms with Crippen molar-refractivity contribution in [3.05, 3.63) is 33.8 Å². The second-order valence-corrected chi connectivity index (χ2v) is 5.29. The molecule has 17 heavy (non-hydrogen) atoms. The Morgan fingerprint density at radius 1 is 1.35 bits per heavy atom. The van der Waals surface area contributed by atoms with Gasteiger partial charge in [-0.2, -0.15) is 0 Å². The third-order valence-electron chi connectivity index (χ3n) is 3.57. The van der Waals surface area contributed by atoms with Crippen molar-refractivity contribution in [3.63, 3.8) is 0 Å². The van der Waals surface area contributed by atoms with Gasteiger partial charge in [0.1, 0.15) is 0 Å². The summed E-state index contributed by atoms with van der Waals surface area (Å²) in [5, 5.41) is 11.0. The quantitative estimate of drug-likeness (QED) is 0.876. The van der Waals surface area contributed by atoms with Crippen molar-refractivity contribution in [2.75, 3.05) is 13.2 Å². The Balaban J connectivity index is 2.23. The molecule has 0 radical (unpaired) electrons. The van der Waals surface area contributed by atoms with E-state index in [1.165, 1.54) is 5.56 Å². The lowest BCUT2D eigenvalue weighted by atomic mass is 9.90. The van der Waals surface area contributed by atoms with Crippen LogP contribution in [0.3, 0.4) is 0 Å². The van der Waals surface area contributed by atoms with Gasteiger partial charge >= 0.3 is 0 Å². The smallest absolute Gasteiger partial charge is 0.0854 e. The SMILES string of the molecule is Cc1cc(Cl)c(C(O)C2CCCOC2)cc1C.